The molecule has 0 aromatic heterocycles. The molecule has 0 radical (unpaired) electrons. The van der Waals surface area contributed by atoms with Gasteiger partial charge >= 0.3 is 0 Å². The van der Waals surface area contributed by atoms with Gasteiger partial charge in [-0.25, -0.2) is 0 Å². The van der Waals surface area contributed by atoms with Gasteiger partial charge < -0.3 is 15.4 Å². The first kappa shape index (κ1) is 13.2. The van der Waals surface area contributed by atoms with Crippen LogP contribution >= 0.6 is 0 Å². The van der Waals surface area contributed by atoms with Crippen LogP contribution in [-0.4, -0.2) is 31.1 Å². The minimum absolute atomic E-state index is 0.720. The summed E-state index contributed by atoms with van der Waals surface area (Å²) in [6.07, 6.45) is 3.87. The van der Waals surface area contributed by atoms with Crippen molar-refractivity contribution in [2.45, 2.75) is 32.2 Å². The van der Waals surface area contributed by atoms with E-state index in [4.69, 9.17) is 10.5 Å². The molecule has 1 aliphatic carbocycles. The topological polar surface area (TPSA) is 38.5 Å². The highest BCUT2D eigenvalue weighted by atomic mass is 16.5. The summed E-state index contributed by atoms with van der Waals surface area (Å²) in [5.41, 5.74) is 6.46. The first-order valence-electron chi connectivity index (χ1n) is 6.85. The van der Waals surface area contributed by atoms with Gasteiger partial charge in [-0.15, -0.1) is 0 Å². The van der Waals surface area contributed by atoms with E-state index in [1.165, 1.54) is 12.8 Å². The van der Waals surface area contributed by atoms with Crippen molar-refractivity contribution in [3.05, 3.63) is 24.3 Å². The number of benzene rings is 1. The molecule has 0 amide bonds. The van der Waals surface area contributed by atoms with Crippen LogP contribution in [-0.2, 0) is 0 Å². The molecule has 1 saturated carbocycles. The average Bonchev–Trinajstić information content (AvgIpc) is 3.17. The van der Waals surface area contributed by atoms with Crippen molar-refractivity contribution in [1.29, 1.82) is 0 Å². The zero-order valence-electron chi connectivity index (χ0n) is 11.4. The highest BCUT2D eigenvalue weighted by Gasteiger charge is 2.29. The van der Waals surface area contributed by atoms with Gasteiger partial charge in [0.2, 0.25) is 0 Å². The molecule has 0 aliphatic heterocycles. The maximum atomic E-state index is 5.70. The maximum Gasteiger partial charge on any atom is 0.121 e. The van der Waals surface area contributed by atoms with E-state index in [2.05, 4.69) is 18.9 Å². The fourth-order valence-corrected chi connectivity index (χ4v) is 2.25. The molecule has 1 aromatic carbocycles. The van der Waals surface area contributed by atoms with Gasteiger partial charge in [0.25, 0.3) is 0 Å². The van der Waals surface area contributed by atoms with E-state index < -0.39 is 0 Å². The van der Waals surface area contributed by atoms with Crippen molar-refractivity contribution in [2.75, 3.05) is 25.9 Å². The number of ether oxygens (including phenoxy) is 1. The van der Waals surface area contributed by atoms with Gasteiger partial charge in [0.15, 0.2) is 0 Å². The van der Waals surface area contributed by atoms with Crippen LogP contribution in [0.3, 0.4) is 0 Å². The van der Waals surface area contributed by atoms with Crippen LogP contribution in [0.15, 0.2) is 24.3 Å². The van der Waals surface area contributed by atoms with E-state index in [0.717, 1.165) is 43.0 Å². The molecule has 100 valence electrons. The van der Waals surface area contributed by atoms with Crippen LogP contribution in [0, 0.1) is 5.92 Å². The first-order chi connectivity index (χ1) is 8.66. The zero-order valence-corrected chi connectivity index (χ0v) is 11.4. The molecular formula is C15H24N2O. The van der Waals surface area contributed by atoms with Crippen molar-refractivity contribution in [2.24, 2.45) is 5.92 Å². The van der Waals surface area contributed by atoms with Crippen LogP contribution in [0.5, 0.6) is 5.75 Å². The molecule has 3 nitrogen and oxygen atoms in total. The number of hydrogen-bond acceptors (Lipinski definition) is 3. The molecule has 18 heavy (non-hydrogen) atoms. The van der Waals surface area contributed by atoms with Crippen molar-refractivity contribution < 1.29 is 4.74 Å². The van der Waals surface area contributed by atoms with Crippen LogP contribution in [0.4, 0.5) is 5.69 Å². The number of anilines is 1. The van der Waals surface area contributed by atoms with Crippen LogP contribution in [0.1, 0.15) is 26.2 Å². The number of nitrogen functional groups attached to an aromatic ring is 1. The van der Waals surface area contributed by atoms with E-state index >= 15 is 0 Å². The molecule has 1 aromatic rings. The van der Waals surface area contributed by atoms with Gasteiger partial charge in [-0.3, -0.25) is 0 Å². The molecule has 2 rings (SSSR count). The van der Waals surface area contributed by atoms with Gasteiger partial charge in [0.05, 0.1) is 6.61 Å². The first-order valence-corrected chi connectivity index (χ1v) is 6.85. The van der Waals surface area contributed by atoms with Gasteiger partial charge in [0, 0.05) is 24.3 Å². The van der Waals surface area contributed by atoms with Gasteiger partial charge in [-0.1, -0.05) is 6.07 Å². The molecule has 3 heteroatoms. The number of nitrogens with two attached hydrogens (primary N) is 1. The maximum absolute atomic E-state index is 5.70. The number of nitrogens with zero attached hydrogens (tertiary/aromatic N) is 1. The minimum atomic E-state index is 0.720. The molecule has 0 heterocycles. The Balaban J connectivity index is 1.63. The zero-order chi connectivity index (χ0) is 13.0. The lowest BCUT2D eigenvalue weighted by molar-refractivity contribution is 0.209. The summed E-state index contributed by atoms with van der Waals surface area (Å²) in [5.74, 6) is 1.80. The van der Waals surface area contributed by atoms with E-state index in [1.54, 1.807) is 0 Å². The van der Waals surface area contributed by atoms with E-state index in [9.17, 15) is 0 Å². The third kappa shape index (κ3) is 3.91. The second kappa shape index (κ2) is 6.10. The third-order valence-corrected chi connectivity index (χ3v) is 3.78. The molecule has 1 aliphatic rings. The monoisotopic (exact) mass is 248 g/mol. The third-order valence-electron chi connectivity index (χ3n) is 3.78. The predicted molar refractivity (Wildman–Crippen MR) is 75.8 cm³/mol. The Labute approximate surface area is 110 Å². The van der Waals surface area contributed by atoms with Gasteiger partial charge in [-0.2, -0.15) is 0 Å². The second-order valence-electron chi connectivity index (χ2n) is 5.33. The van der Waals surface area contributed by atoms with Gasteiger partial charge in [-0.05, 0) is 51.3 Å². The summed E-state index contributed by atoms with van der Waals surface area (Å²) in [5, 5.41) is 0. The Bertz CT molecular complexity index is 377. The summed E-state index contributed by atoms with van der Waals surface area (Å²) in [7, 11) is 2.21. The SMILES string of the molecule is CC(C1CC1)N(C)CCCOc1cccc(N)c1. The smallest absolute Gasteiger partial charge is 0.121 e. The largest absolute Gasteiger partial charge is 0.493 e. The Morgan fingerprint density at radius 1 is 1.44 bits per heavy atom. The highest BCUT2D eigenvalue weighted by Crippen LogP contribution is 2.34. The normalized spacial score (nSPS) is 16.8. The number of hydrogen-bond donors (Lipinski definition) is 1. The lowest BCUT2D eigenvalue weighted by Crippen LogP contribution is -2.32. The highest BCUT2D eigenvalue weighted by molar-refractivity contribution is 5.43. The van der Waals surface area contributed by atoms with Crippen LogP contribution < -0.4 is 10.5 Å². The predicted octanol–water partition coefficient (Wildman–Crippen LogP) is 2.77. The van der Waals surface area contributed by atoms with E-state index in [0.29, 0.717) is 0 Å². The van der Waals surface area contributed by atoms with Gasteiger partial charge in [0.1, 0.15) is 5.75 Å². The summed E-state index contributed by atoms with van der Waals surface area (Å²) in [4.78, 5) is 2.44. The average molecular weight is 248 g/mol. The van der Waals surface area contributed by atoms with Crippen molar-refractivity contribution >= 4 is 5.69 Å². The molecule has 2 N–H and O–H groups in total. The molecule has 0 spiro atoms. The Morgan fingerprint density at radius 2 is 2.22 bits per heavy atom. The lowest BCUT2D eigenvalue weighted by Gasteiger charge is -2.24. The fourth-order valence-electron chi connectivity index (χ4n) is 2.25. The molecule has 0 bridgehead atoms. The Kier molecular flexibility index (Phi) is 4.48. The van der Waals surface area contributed by atoms with Crippen molar-refractivity contribution in [3.8, 4) is 5.75 Å². The standard InChI is InChI=1S/C15H24N2O/c1-12(13-7-8-13)17(2)9-4-10-18-15-6-3-5-14(16)11-15/h3,5-6,11-13H,4,7-10,16H2,1-2H3. The lowest BCUT2D eigenvalue weighted by atomic mass is 10.2. The second-order valence-corrected chi connectivity index (χ2v) is 5.33. The number of rotatable bonds is 7. The van der Waals surface area contributed by atoms with Crippen molar-refractivity contribution in [3.63, 3.8) is 0 Å². The molecule has 1 atom stereocenters. The summed E-state index contributed by atoms with van der Waals surface area (Å²) in [6.45, 7) is 4.18. The fraction of sp³-hybridized carbons (Fsp3) is 0.600. The molecular weight excluding hydrogens is 224 g/mol. The van der Waals surface area contributed by atoms with E-state index in [1.807, 2.05) is 24.3 Å². The Morgan fingerprint density at radius 3 is 2.89 bits per heavy atom. The summed E-state index contributed by atoms with van der Waals surface area (Å²) < 4.78 is 5.69. The molecule has 1 unspecified atom stereocenters. The quantitative estimate of drug-likeness (QED) is 0.595. The minimum Gasteiger partial charge on any atom is -0.493 e. The van der Waals surface area contributed by atoms with Crippen molar-refractivity contribution in [1.82, 2.24) is 4.90 Å². The Hall–Kier alpha value is -1.22. The van der Waals surface area contributed by atoms with Crippen LogP contribution in [0.25, 0.3) is 0 Å². The van der Waals surface area contributed by atoms with Crippen LogP contribution in [0.2, 0.25) is 0 Å². The van der Waals surface area contributed by atoms with E-state index in [-0.39, 0.29) is 0 Å². The summed E-state index contributed by atoms with van der Waals surface area (Å²) in [6, 6.07) is 8.34. The molecule has 1 fully saturated rings. The summed E-state index contributed by atoms with van der Waals surface area (Å²) >= 11 is 0. The molecule has 0 saturated heterocycles.